The van der Waals surface area contributed by atoms with Crippen LogP contribution in [0.4, 0.5) is 17.1 Å². The van der Waals surface area contributed by atoms with E-state index in [-0.39, 0.29) is 0 Å². The van der Waals surface area contributed by atoms with Gasteiger partial charge in [-0.25, -0.2) is 0 Å². The predicted octanol–water partition coefficient (Wildman–Crippen LogP) is 15.2. The van der Waals surface area contributed by atoms with Crippen LogP contribution in [0.1, 0.15) is 22.3 Å². The summed E-state index contributed by atoms with van der Waals surface area (Å²) in [6.45, 7) is 0. The maximum Gasteiger partial charge on any atom is 0.140 e. The van der Waals surface area contributed by atoms with Crippen molar-refractivity contribution < 1.29 is 4.42 Å². The first kappa shape index (κ1) is 33.5. The molecule has 9 aromatic carbocycles. The van der Waals surface area contributed by atoms with Gasteiger partial charge in [0.05, 0.1) is 11.1 Å². The molecule has 2 aliphatic carbocycles. The third-order valence-corrected chi connectivity index (χ3v) is 12.5. The van der Waals surface area contributed by atoms with Crippen LogP contribution in [0, 0.1) is 0 Å². The molecule has 2 nitrogen and oxygen atoms in total. The lowest BCUT2D eigenvalue weighted by atomic mass is 9.70. The van der Waals surface area contributed by atoms with Crippen molar-refractivity contribution in [3.05, 3.63) is 247 Å². The number of anilines is 3. The second kappa shape index (κ2) is 13.2. The van der Waals surface area contributed by atoms with Gasteiger partial charge in [-0.3, -0.25) is 0 Å². The molecule has 1 unspecified atom stereocenters. The number of hydrogen-bond acceptors (Lipinski definition) is 2. The zero-order valence-corrected chi connectivity index (χ0v) is 32.2. The second-order valence-corrected chi connectivity index (χ2v) is 15.6. The van der Waals surface area contributed by atoms with Crippen LogP contribution >= 0.6 is 0 Å². The Hall–Kier alpha value is -7.68. The van der Waals surface area contributed by atoms with E-state index >= 15 is 0 Å². The monoisotopic (exact) mass is 751 g/mol. The van der Waals surface area contributed by atoms with Gasteiger partial charge in [0.1, 0.15) is 11.3 Å². The molecule has 0 fully saturated rings. The smallest absolute Gasteiger partial charge is 0.140 e. The van der Waals surface area contributed by atoms with E-state index in [1.54, 1.807) is 0 Å². The highest BCUT2D eigenvalue weighted by atomic mass is 16.3. The molecule has 10 aromatic rings. The lowest BCUT2D eigenvalue weighted by Crippen LogP contribution is -2.25. The maximum absolute atomic E-state index is 6.71. The number of rotatable bonds is 6. The third kappa shape index (κ3) is 5.00. The van der Waals surface area contributed by atoms with Crippen LogP contribution in [0.3, 0.4) is 0 Å². The van der Waals surface area contributed by atoms with E-state index in [2.05, 4.69) is 229 Å². The average molecular weight is 752 g/mol. The summed E-state index contributed by atoms with van der Waals surface area (Å²) in [7, 11) is 0. The Morgan fingerprint density at radius 2 is 0.847 bits per heavy atom. The van der Waals surface area contributed by atoms with Crippen LogP contribution in [0.15, 0.2) is 229 Å². The van der Waals surface area contributed by atoms with Crippen LogP contribution in [-0.4, -0.2) is 0 Å². The molecule has 2 heteroatoms. The van der Waals surface area contributed by atoms with Crippen molar-refractivity contribution in [2.24, 2.45) is 0 Å². The van der Waals surface area contributed by atoms with Gasteiger partial charge in [0.25, 0.3) is 0 Å². The summed E-state index contributed by atoms with van der Waals surface area (Å²) in [5.74, 6) is 0.984. The van der Waals surface area contributed by atoms with Gasteiger partial charge in [0.2, 0.25) is 0 Å². The summed E-state index contributed by atoms with van der Waals surface area (Å²) in [5, 5.41) is 1.18. The molecule has 0 N–H and O–H groups in total. The summed E-state index contributed by atoms with van der Waals surface area (Å²) in [5.41, 5.74) is 19.9. The number of fused-ring (bicyclic) bond motifs is 12. The van der Waals surface area contributed by atoms with E-state index in [1.165, 1.54) is 77.7 Å². The Morgan fingerprint density at radius 3 is 1.59 bits per heavy atom. The Labute approximate surface area is 343 Å². The maximum atomic E-state index is 6.71. The predicted molar refractivity (Wildman–Crippen MR) is 244 cm³/mol. The zero-order valence-electron chi connectivity index (χ0n) is 32.2. The minimum Gasteiger partial charge on any atom is -0.456 e. The molecule has 276 valence electrons. The first-order chi connectivity index (χ1) is 29.3. The third-order valence-electron chi connectivity index (χ3n) is 12.5. The molecule has 0 aliphatic heterocycles. The molecule has 0 saturated heterocycles. The first-order valence-electron chi connectivity index (χ1n) is 20.3. The molecule has 59 heavy (non-hydrogen) atoms. The summed E-state index contributed by atoms with van der Waals surface area (Å²) in [4.78, 5) is 2.35. The van der Waals surface area contributed by atoms with E-state index in [0.29, 0.717) is 0 Å². The van der Waals surface area contributed by atoms with E-state index < -0.39 is 5.41 Å². The van der Waals surface area contributed by atoms with Crippen molar-refractivity contribution >= 4 is 28.0 Å². The lowest BCUT2D eigenvalue weighted by Gasteiger charge is -2.30. The van der Waals surface area contributed by atoms with Gasteiger partial charge in [0.15, 0.2) is 0 Å². The minimum atomic E-state index is -0.475. The Balaban J connectivity index is 0.927. The van der Waals surface area contributed by atoms with Crippen LogP contribution < -0.4 is 4.90 Å². The molecule has 1 atom stereocenters. The summed E-state index contributed by atoms with van der Waals surface area (Å²) < 4.78 is 6.71. The van der Waals surface area contributed by atoms with Crippen molar-refractivity contribution in [1.29, 1.82) is 0 Å². The number of benzene rings is 9. The Morgan fingerprint density at radius 1 is 0.339 bits per heavy atom. The van der Waals surface area contributed by atoms with Gasteiger partial charge in [-0.2, -0.15) is 0 Å². The summed E-state index contributed by atoms with van der Waals surface area (Å²) >= 11 is 0. The highest BCUT2D eigenvalue weighted by Crippen LogP contribution is 2.65. The molecule has 12 rings (SSSR count). The highest BCUT2D eigenvalue weighted by molar-refractivity contribution is 6.02. The van der Waals surface area contributed by atoms with Crippen molar-refractivity contribution in [3.8, 4) is 55.8 Å². The molecule has 0 radical (unpaired) electrons. The molecule has 1 aromatic heterocycles. The number of hydrogen-bond donors (Lipinski definition) is 0. The van der Waals surface area contributed by atoms with Gasteiger partial charge in [0, 0.05) is 33.5 Å². The van der Waals surface area contributed by atoms with Crippen LogP contribution in [0.2, 0.25) is 0 Å². The normalized spacial score (nSPS) is 14.5. The van der Waals surface area contributed by atoms with Gasteiger partial charge < -0.3 is 9.32 Å². The fraction of sp³-hybridized carbons (Fsp3) is 0.0175. The molecule has 1 spiro atoms. The topological polar surface area (TPSA) is 16.4 Å². The quantitative estimate of drug-likeness (QED) is 0.168. The number of nitrogens with zero attached hydrogens (tertiary/aromatic N) is 1. The van der Waals surface area contributed by atoms with E-state index in [1.807, 2.05) is 0 Å². The van der Waals surface area contributed by atoms with Crippen molar-refractivity contribution in [1.82, 2.24) is 0 Å². The number of furan rings is 1. The Kier molecular flexibility index (Phi) is 7.48. The fourth-order valence-electron chi connectivity index (χ4n) is 9.96. The van der Waals surface area contributed by atoms with E-state index in [0.717, 1.165) is 28.4 Å². The van der Waals surface area contributed by atoms with Crippen molar-refractivity contribution in [3.63, 3.8) is 0 Å². The van der Waals surface area contributed by atoms with Crippen LogP contribution in [-0.2, 0) is 5.41 Å². The standard InChI is InChI=1S/C57H37NO/c1-3-15-41(16-4-1)45-19-9-13-25-53(45)58(43-17-5-2-6-18-43)44-34-31-39(32-35-44)38-27-29-40(30-28-38)42-33-36-47-46-20-7-11-23-50(46)57(52(47)37-42)51-24-12-8-21-48(51)56-55(57)49-22-10-14-26-54(49)59-56/h1-37H. The Bertz CT molecular complexity index is 3200. The van der Waals surface area contributed by atoms with Crippen LogP contribution in [0.25, 0.3) is 66.8 Å². The highest BCUT2D eigenvalue weighted by Gasteiger charge is 2.54. The first-order valence-corrected chi connectivity index (χ1v) is 20.3. The zero-order chi connectivity index (χ0) is 38.9. The molecular formula is C57H37NO. The molecule has 0 saturated carbocycles. The largest absolute Gasteiger partial charge is 0.456 e. The van der Waals surface area contributed by atoms with Crippen molar-refractivity contribution in [2.75, 3.05) is 4.90 Å². The van der Waals surface area contributed by atoms with E-state index in [4.69, 9.17) is 4.42 Å². The average Bonchev–Trinajstić information content (AvgIpc) is 3.94. The van der Waals surface area contributed by atoms with E-state index in [9.17, 15) is 0 Å². The van der Waals surface area contributed by atoms with Gasteiger partial charge in [-0.15, -0.1) is 0 Å². The van der Waals surface area contributed by atoms with Gasteiger partial charge in [-0.1, -0.05) is 182 Å². The SMILES string of the molecule is c1ccc(-c2ccccc2N(c2ccccc2)c2ccc(-c3ccc(-c4ccc5c(c4)C4(c6ccccc6-5)c5ccccc5-c5oc6ccccc6c54)cc3)cc2)cc1. The molecule has 2 aliphatic rings. The molecule has 0 bridgehead atoms. The van der Waals surface area contributed by atoms with Crippen LogP contribution in [0.5, 0.6) is 0 Å². The molecular weight excluding hydrogens is 715 g/mol. The summed E-state index contributed by atoms with van der Waals surface area (Å²) in [6.07, 6.45) is 0. The lowest BCUT2D eigenvalue weighted by molar-refractivity contribution is 0.628. The summed E-state index contributed by atoms with van der Waals surface area (Å²) in [6, 6.07) is 81.3. The second-order valence-electron chi connectivity index (χ2n) is 15.6. The minimum absolute atomic E-state index is 0.475. The fourth-order valence-corrected chi connectivity index (χ4v) is 9.96. The molecule has 0 amide bonds. The van der Waals surface area contributed by atoms with Gasteiger partial charge >= 0.3 is 0 Å². The van der Waals surface area contributed by atoms with Crippen molar-refractivity contribution in [2.45, 2.75) is 5.41 Å². The molecule has 1 heterocycles. The van der Waals surface area contributed by atoms with Gasteiger partial charge in [-0.05, 0) is 98.1 Å². The number of para-hydroxylation sites is 3.